The summed E-state index contributed by atoms with van der Waals surface area (Å²) in [6.07, 6.45) is 0.856. The molecule has 1 aromatic rings. The van der Waals surface area contributed by atoms with Gasteiger partial charge in [-0.15, -0.1) is 0 Å². The number of halogens is 2. The van der Waals surface area contributed by atoms with E-state index in [9.17, 15) is 9.00 Å². The predicted octanol–water partition coefficient (Wildman–Crippen LogP) is 2.69. The van der Waals surface area contributed by atoms with Gasteiger partial charge in [-0.25, -0.2) is 0 Å². The number of hydrogen-bond acceptors (Lipinski definition) is 2. The third kappa shape index (κ3) is 3.02. The summed E-state index contributed by atoms with van der Waals surface area (Å²) in [5, 5.41) is 1.22. The predicted molar refractivity (Wildman–Crippen MR) is 81.8 cm³/mol. The monoisotopic (exact) mass is 331 g/mol. The minimum absolute atomic E-state index is 0.0380. The fraction of sp³-hybridized carbons (Fsp3) is 0.500. The Morgan fingerprint density at radius 1 is 1.15 bits per heavy atom. The molecule has 2 fully saturated rings. The molecule has 20 heavy (non-hydrogen) atoms. The van der Waals surface area contributed by atoms with Crippen LogP contribution in [0.3, 0.4) is 0 Å². The molecular weight excluding hydrogens is 317 g/mol. The molecule has 6 heteroatoms. The normalized spacial score (nSPS) is 26.6. The molecule has 1 aromatic carbocycles. The smallest absolute Gasteiger partial charge is 0.226 e. The van der Waals surface area contributed by atoms with Crippen molar-refractivity contribution in [2.45, 2.75) is 12.3 Å². The van der Waals surface area contributed by atoms with Gasteiger partial charge in [0.2, 0.25) is 5.91 Å². The van der Waals surface area contributed by atoms with Crippen LogP contribution in [0.2, 0.25) is 10.0 Å². The lowest BCUT2D eigenvalue weighted by molar-refractivity contribution is -0.132. The Balaban J connectivity index is 1.66. The fourth-order valence-corrected chi connectivity index (χ4v) is 4.31. The molecule has 0 bridgehead atoms. The lowest BCUT2D eigenvalue weighted by Crippen LogP contribution is -2.42. The van der Waals surface area contributed by atoms with E-state index in [0.717, 1.165) is 12.0 Å². The molecule has 1 aliphatic carbocycles. The fourth-order valence-electron chi connectivity index (χ4n) is 2.72. The lowest BCUT2D eigenvalue weighted by Gasteiger charge is -2.26. The third-order valence-electron chi connectivity index (χ3n) is 3.91. The first-order chi connectivity index (χ1) is 9.54. The van der Waals surface area contributed by atoms with Gasteiger partial charge in [-0.05, 0) is 36.1 Å². The molecular formula is C14H15Cl2NO2S. The largest absolute Gasteiger partial charge is 0.341 e. The number of hydrogen-bond donors (Lipinski definition) is 0. The summed E-state index contributed by atoms with van der Waals surface area (Å²) in [4.78, 5) is 14.2. The second-order valence-electron chi connectivity index (χ2n) is 5.32. The van der Waals surface area contributed by atoms with Crippen LogP contribution in [0.15, 0.2) is 18.2 Å². The van der Waals surface area contributed by atoms with Crippen LogP contribution in [0.25, 0.3) is 0 Å². The van der Waals surface area contributed by atoms with Crippen molar-refractivity contribution in [1.82, 2.24) is 4.90 Å². The van der Waals surface area contributed by atoms with E-state index in [1.807, 2.05) is 17.0 Å². The third-order valence-corrected chi connectivity index (χ3v) is 5.62. The van der Waals surface area contributed by atoms with Crippen LogP contribution in [-0.2, 0) is 15.6 Å². The molecule has 1 aliphatic heterocycles. The number of amides is 1. The molecule has 2 aliphatic rings. The maximum atomic E-state index is 12.4. The average Bonchev–Trinajstić information content (AvgIpc) is 3.18. The van der Waals surface area contributed by atoms with Gasteiger partial charge in [0.1, 0.15) is 0 Å². The summed E-state index contributed by atoms with van der Waals surface area (Å²) in [7, 11) is -0.750. The van der Waals surface area contributed by atoms with Crippen molar-refractivity contribution < 1.29 is 9.00 Å². The minimum Gasteiger partial charge on any atom is -0.341 e. The maximum absolute atomic E-state index is 12.4. The Hall–Kier alpha value is -0.580. The number of carbonyl (C=O) groups is 1. The zero-order chi connectivity index (χ0) is 14.3. The molecule has 1 heterocycles. The van der Waals surface area contributed by atoms with Crippen LogP contribution in [-0.4, -0.2) is 39.6 Å². The van der Waals surface area contributed by atoms with Gasteiger partial charge in [-0.2, -0.15) is 0 Å². The van der Waals surface area contributed by atoms with E-state index in [-0.39, 0.29) is 17.7 Å². The summed E-state index contributed by atoms with van der Waals surface area (Å²) in [6.45, 7) is 1.23. The standard InChI is InChI=1S/C14H15Cl2NO2S/c15-10-5-9(6-11(16)7-10)12-8-13(12)14(18)17-1-3-20(19)4-2-17/h5-7,12-13H,1-4,8H2/t12-,13+/m1/s1. The summed E-state index contributed by atoms with van der Waals surface area (Å²) < 4.78 is 11.3. The Labute approximate surface area is 130 Å². The highest BCUT2D eigenvalue weighted by Gasteiger charge is 2.46. The van der Waals surface area contributed by atoms with Crippen molar-refractivity contribution in [3.63, 3.8) is 0 Å². The van der Waals surface area contributed by atoms with Gasteiger partial charge < -0.3 is 4.90 Å². The molecule has 2 atom stereocenters. The van der Waals surface area contributed by atoms with Crippen molar-refractivity contribution in [2.24, 2.45) is 5.92 Å². The highest BCUT2D eigenvalue weighted by molar-refractivity contribution is 7.85. The number of carbonyl (C=O) groups excluding carboxylic acids is 1. The second kappa shape index (κ2) is 5.66. The first-order valence-electron chi connectivity index (χ1n) is 6.64. The summed E-state index contributed by atoms with van der Waals surface area (Å²) in [6, 6.07) is 5.47. The van der Waals surface area contributed by atoms with Crippen LogP contribution >= 0.6 is 23.2 Å². The number of benzene rings is 1. The van der Waals surface area contributed by atoms with Gasteiger partial charge >= 0.3 is 0 Å². The summed E-state index contributed by atoms with van der Waals surface area (Å²) in [5.41, 5.74) is 1.04. The van der Waals surface area contributed by atoms with E-state index < -0.39 is 10.8 Å². The van der Waals surface area contributed by atoms with E-state index in [4.69, 9.17) is 23.2 Å². The molecule has 3 nitrogen and oxygen atoms in total. The average molecular weight is 332 g/mol. The SMILES string of the molecule is O=C([C@H]1C[C@@H]1c1cc(Cl)cc(Cl)c1)N1CCS(=O)CC1. The highest BCUT2D eigenvalue weighted by atomic mass is 35.5. The molecule has 3 rings (SSSR count). The Bertz CT molecular complexity index is 548. The molecule has 1 saturated carbocycles. The van der Waals surface area contributed by atoms with Crippen LogP contribution in [0.1, 0.15) is 17.9 Å². The second-order valence-corrected chi connectivity index (χ2v) is 7.89. The first-order valence-corrected chi connectivity index (χ1v) is 8.89. The van der Waals surface area contributed by atoms with Crippen molar-refractivity contribution in [2.75, 3.05) is 24.6 Å². The van der Waals surface area contributed by atoms with Gasteiger partial charge in [0.15, 0.2) is 0 Å². The lowest BCUT2D eigenvalue weighted by atomic mass is 10.1. The van der Waals surface area contributed by atoms with E-state index >= 15 is 0 Å². The Morgan fingerprint density at radius 3 is 2.35 bits per heavy atom. The van der Waals surface area contributed by atoms with Crippen LogP contribution in [0.4, 0.5) is 0 Å². The molecule has 108 valence electrons. The zero-order valence-corrected chi connectivity index (χ0v) is 13.2. The van der Waals surface area contributed by atoms with E-state index in [1.165, 1.54) is 0 Å². The van der Waals surface area contributed by atoms with E-state index in [0.29, 0.717) is 34.6 Å². The van der Waals surface area contributed by atoms with Crippen LogP contribution in [0, 0.1) is 5.92 Å². The Kier molecular flexibility index (Phi) is 4.07. The van der Waals surface area contributed by atoms with Gasteiger partial charge in [-0.3, -0.25) is 9.00 Å². The Morgan fingerprint density at radius 2 is 1.75 bits per heavy atom. The minimum atomic E-state index is -0.750. The summed E-state index contributed by atoms with van der Waals surface area (Å²) in [5.74, 6) is 1.66. The number of rotatable bonds is 2. The van der Waals surface area contributed by atoms with Crippen LogP contribution < -0.4 is 0 Å². The molecule has 0 N–H and O–H groups in total. The quantitative estimate of drug-likeness (QED) is 0.835. The van der Waals surface area contributed by atoms with E-state index in [1.54, 1.807) is 6.07 Å². The molecule has 1 saturated heterocycles. The van der Waals surface area contributed by atoms with Gasteiger partial charge in [0.05, 0.1) is 0 Å². The molecule has 0 aromatic heterocycles. The summed E-state index contributed by atoms with van der Waals surface area (Å²) >= 11 is 12.0. The van der Waals surface area contributed by atoms with Crippen molar-refractivity contribution in [3.05, 3.63) is 33.8 Å². The molecule has 1 amide bonds. The van der Waals surface area contributed by atoms with Crippen molar-refractivity contribution in [3.8, 4) is 0 Å². The van der Waals surface area contributed by atoms with Gasteiger partial charge in [0, 0.05) is 51.4 Å². The van der Waals surface area contributed by atoms with Crippen LogP contribution in [0.5, 0.6) is 0 Å². The first kappa shape index (κ1) is 14.4. The number of nitrogens with zero attached hydrogens (tertiary/aromatic N) is 1. The molecule has 0 spiro atoms. The molecule has 0 radical (unpaired) electrons. The van der Waals surface area contributed by atoms with Gasteiger partial charge in [-0.1, -0.05) is 23.2 Å². The van der Waals surface area contributed by atoms with E-state index in [2.05, 4.69) is 0 Å². The van der Waals surface area contributed by atoms with Gasteiger partial charge in [0.25, 0.3) is 0 Å². The maximum Gasteiger partial charge on any atom is 0.226 e. The van der Waals surface area contributed by atoms with Crippen molar-refractivity contribution in [1.29, 1.82) is 0 Å². The highest BCUT2D eigenvalue weighted by Crippen LogP contribution is 2.49. The topological polar surface area (TPSA) is 37.4 Å². The molecule has 0 unspecified atom stereocenters. The van der Waals surface area contributed by atoms with Crippen molar-refractivity contribution >= 4 is 39.9 Å². The zero-order valence-electron chi connectivity index (χ0n) is 10.9.